The molecule has 0 bridgehead atoms. The van der Waals surface area contributed by atoms with Crippen molar-refractivity contribution in [1.29, 1.82) is 0 Å². The number of carbonyl (C=O) groups excluding carboxylic acids is 3. The van der Waals surface area contributed by atoms with E-state index in [0.29, 0.717) is 12.1 Å². The summed E-state index contributed by atoms with van der Waals surface area (Å²) in [7, 11) is 0. The first-order valence-electron chi connectivity index (χ1n) is 12.4. The Morgan fingerprint density at radius 2 is 1.60 bits per heavy atom. The van der Waals surface area contributed by atoms with E-state index in [4.69, 9.17) is 11.5 Å². The average Bonchev–Trinajstić information content (AvgIpc) is 3.45. The molecule has 4 aliphatic rings. The minimum Gasteiger partial charge on any atom is -0.370 e. The van der Waals surface area contributed by atoms with Crippen LogP contribution in [-0.4, -0.2) is 92.3 Å². The van der Waals surface area contributed by atoms with Gasteiger partial charge < -0.3 is 37.2 Å². The lowest BCUT2D eigenvalue weighted by Crippen LogP contribution is -2.78. The van der Waals surface area contributed by atoms with Crippen LogP contribution in [0.15, 0.2) is 28.2 Å². The van der Waals surface area contributed by atoms with Gasteiger partial charge in [-0.1, -0.05) is 0 Å². The topological polar surface area (TPSA) is 199 Å². The minimum absolute atomic E-state index is 0.0231. The van der Waals surface area contributed by atoms with Gasteiger partial charge in [0.2, 0.25) is 23.5 Å². The Hall–Kier alpha value is -4.13. The summed E-state index contributed by atoms with van der Waals surface area (Å²) in [5.74, 6) is -5.66. The summed E-state index contributed by atoms with van der Waals surface area (Å²) >= 11 is 0. The number of halogens is 6. The lowest BCUT2D eigenvalue weighted by Gasteiger charge is -2.49. The van der Waals surface area contributed by atoms with Crippen molar-refractivity contribution in [3.63, 3.8) is 0 Å². The number of nitrogens with two attached hydrogens (primary N) is 2. The molecule has 2 fully saturated rings. The molecule has 1 aromatic rings. The SMILES string of the molecule is NC1=N[C@H]2[C@H](CN3C(=O)CCC3=O)N=C(N)N3C[C@H](NC(=O)Cc4cc(C(F)(F)F)cc(C(F)(F)F)c4)C(O)(O)[C@]23N1. The monoisotopic (exact) mass is 606 g/mol. The number of guanidine groups is 2. The van der Waals surface area contributed by atoms with Gasteiger partial charge in [-0.25, -0.2) is 9.98 Å². The molecule has 0 aliphatic carbocycles. The van der Waals surface area contributed by atoms with Gasteiger partial charge in [-0.15, -0.1) is 0 Å². The molecule has 228 valence electrons. The summed E-state index contributed by atoms with van der Waals surface area (Å²) in [5, 5.41) is 27.7. The third-order valence-corrected chi connectivity index (χ3v) is 7.67. The molecule has 1 spiro atoms. The van der Waals surface area contributed by atoms with E-state index in [0.717, 1.165) is 9.80 Å². The molecule has 2 saturated heterocycles. The molecule has 1 aromatic carbocycles. The number of benzene rings is 1. The standard InChI is InChI=1S/C23H24F6N8O5/c24-22(25,26)10-3-9(4-11(6-10)23(27,28)29)5-14(38)33-13-8-37-19(31)32-12(7-36-15(39)1-2-16(36)40)17-20(37,21(13,41)42)35-18(30)34-17/h3-4,6,12-13,17,41-42H,1-2,5,7-8H2,(H2,31,32)(H,33,38)(H3,30,34,35)/t12-,13-,17-,20-/m0/s1. The Kier molecular flexibility index (Phi) is 6.60. The van der Waals surface area contributed by atoms with Crippen LogP contribution in [0.3, 0.4) is 0 Å². The zero-order chi connectivity index (χ0) is 31.0. The second kappa shape index (κ2) is 9.45. The first kappa shape index (κ1) is 29.4. The third-order valence-electron chi connectivity index (χ3n) is 7.67. The number of alkyl halides is 6. The zero-order valence-corrected chi connectivity index (χ0v) is 21.3. The van der Waals surface area contributed by atoms with Crippen LogP contribution in [0.5, 0.6) is 0 Å². The fraction of sp³-hybridized carbons (Fsp3) is 0.522. The van der Waals surface area contributed by atoms with Gasteiger partial charge in [0.15, 0.2) is 17.6 Å². The summed E-state index contributed by atoms with van der Waals surface area (Å²) in [6, 6.07) is -3.32. The molecular formula is C23H24F6N8O5. The predicted molar refractivity (Wildman–Crippen MR) is 129 cm³/mol. The first-order chi connectivity index (χ1) is 19.3. The average molecular weight is 606 g/mol. The van der Waals surface area contributed by atoms with Gasteiger partial charge in [-0.2, -0.15) is 26.3 Å². The van der Waals surface area contributed by atoms with E-state index in [2.05, 4.69) is 20.6 Å². The maximum atomic E-state index is 13.2. The second-order valence-corrected chi connectivity index (χ2v) is 10.4. The second-order valence-electron chi connectivity index (χ2n) is 10.4. The van der Waals surface area contributed by atoms with E-state index >= 15 is 0 Å². The Balaban J connectivity index is 1.41. The number of likely N-dealkylation sites (tertiary alicyclic amines) is 1. The summed E-state index contributed by atoms with van der Waals surface area (Å²) in [4.78, 5) is 47.8. The molecule has 4 aliphatic heterocycles. The van der Waals surface area contributed by atoms with E-state index in [1.54, 1.807) is 0 Å². The van der Waals surface area contributed by atoms with Crippen LogP contribution in [0.1, 0.15) is 29.5 Å². The first-order valence-corrected chi connectivity index (χ1v) is 12.4. The highest BCUT2D eigenvalue weighted by Crippen LogP contribution is 2.45. The van der Waals surface area contributed by atoms with Crippen LogP contribution in [0.2, 0.25) is 0 Å². The Morgan fingerprint density at radius 3 is 2.14 bits per heavy atom. The van der Waals surface area contributed by atoms with Crippen LogP contribution in [0.4, 0.5) is 26.3 Å². The zero-order valence-electron chi connectivity index (χ0n) is 21.3. The Labute approximate surface area is 232 Å². The van der Waals surface area contributed by atoms with E-state index < -0.39 is 89.3 Å². The fourth-order valence-corrected chi connectivity index (χ4v) is 5.80. The number of nitrogens with zero attached hydrogens (tertiary/aromatic N) is 4. The highest BCUT2D eigenvalue weighted by atomic mass is 19.4. The molecular weight excluding hydrogens is 582 g/mol. The van der Waals surface area contributed by atoms with Crippen LogP contribution >= 0.6 is 0 Å². The van der Waals surface area contributed by atoms with Crippen molar-refractivity contribution in [3.05, 3.63) is 34.9 Å². The van der Waals surface area contributed by atoms with Crippen molar-refractivity contribution < 1.29 is 50.9 Å². The van der Waals surface area contributed by atoms with Crippen molar-refractivity contribution in [2.24, 2.45) is 21.5 Å². The smallest absolute Gasteiger partial charge is 0.370 e. The maximum absolute atomic E-state index is 13.2. The number of rotatable bonds is 5. The van der Waals surface area contributed by atoms with E-state index in [1.807, 2.05) is 0 Å². The molecule has 13 nitrogen and oxygen atoms in total. The number of hydrogen-bond acceptors (Lipinski definition) is 11. The largest absolute Gasteiger partial charge is 0.416 e. The van der Waals surface area contributed by atoms with Gasteiger partial charge in [-0.3, -0.25) is 19.3 Å². The van der Waals surface area contributed by atoms with Gasteiger partial charge in [0.25, 0.3) is 0 Å². The number of amides is 3. The number of carbonyl (C=O) groups is 3. The van der Waals surface area contributed by atoms with Crippen molar-refractivity contribution >= 4 is 29.6 Å². The van der Waals surface area contributed by atoms with Crippen molar-refractivity contribution in [3.8, 4) is 0 Å². The fourth-order valence-electron chi connectivity index (χ4n) is 5.80. The lowest BCUT2D eigenvalue weighted by molar-refractivity contribution is -0.232. The van der Waals surface area contributed by atoms with Gasteiger partial charge >= 0.3 is 12.4 Å². The number of hydrogen-bond donors (Lipinski definition) is 6. The quantitative estimate of drug-likeness (QED) is 0.132. The van der Waals surface area contributed by atoms with Crippen LogP contribution in [-0.2, 0) is 33.2 Å². The molecule has 0 unspecified atom stereocenters. The van der Waals surface area contributed by atoms with Crippen LogP contribution in [0, 0.1) is 0 Å². The summed E-state index contributed by atoms with van der Waals surface area (Å²) < 4.78 is 79.4. The van der Waals surface area contributed by atoms with Crippen LogP contribution in [0.25, 0.3) is 0 Å². The molecule has 4 atom stereocenters. The maximum Gasteiger partial charge on any atom is 0.416 e. The molecule has 0 radical (unpaired) electrons. The van der Waals surface area contributed by atoms with Crippen molar-refractivity contribution in [2.45, 2.75) is 61.2 Å². The minimum atomic E-state index is -5.13. The molecule has 0 saturated carbocycles. The van der Waals surface area contributed by atoms with E-state index in [-0.39, 0.29) is 37.4 Å². The van der Waals surface area contributed by atoms with Crippen molar-refractivity contribution in [1.82, 2.24) is 20.4 Å². The summed E-state index contributed by atoms with van der Waals surface area (Å²) in [6.07, 6.45) is -11.3. The molecule has 3 amide bonds. The number of aliphatic imine (C=N–C) groups is 2. The summed E-state index contributed by atoms with van der Waals surface area (Å²) in [5.41, 5.74) is 6.03. The predicted octanol–water partition coefficient (Wildman–Crippen LogP) is -1.42. The third kappa shape index (κ3) is 4.65. The highest BCUT2D eigenvalue weighted by Gasteiger charge is 2.73. The van der Waals surface area contributed by atoms with E-state index in [9.17, 15) is 50.9 Å². The highest BCUT2D eigenvalue weighted by molar-refractivity contribution is 6.02. The van der Waals surface area contributed by atoms with Crippen molar-refractivity contribution in [2.75, 3.05) is 13.1 Å². The Morgan fingerprint density at radius 1 is 1.02 bits per heavy atom. The van der Waals surface area contributed by atoms with Gasteiger partial charge in [0, 0.05) is 19.4 Å². The van der Waals surface area contributed by atoms with Gasteiger partial charge in [-0.05, 0) is 23.8 Å². The number of aliphatic hydroxyl groups is 2. The Bertz CT molecular complexity index is 1360. The molecule has 0 aromatic heterocycles. The van der Waals surface area contributed by atoms with Gasteiger partial charge in [0.1, 0.15) is 12.1 Å². The molecule has 19 heteroatoms. The molecule has 5 rings (SSSR count). The van der Waals surface area contributed by atoms with Crippen LogP contribution < -0.4 is 22.1 Å². The van der Waals surface area contributed by atoms with E-state index in [1.165, 1.54) is 0 Å². The number of nitrogens with one attached hydrogen (secondary N) is 2. The molecule has 8 N–H and O–H groups in total. The summed E-state index contributed by atoms with van der Waals surface area (Å²) in [6.45, 7) is -0.771. The molecule has 42 heavy (non-hydrogen) atoms. The van der Waals surface area contributed by atoms with Gasteiger partial charge in [0.05, 0.1) is 30.1 Å². The number of imide groups is 1. The molecule has 4 heterocycles. The normalized spacial score (nSPS) is 28.7. The lowest BCUT2D eigenvalue weighted by atomic mass is 9.84.